The number of allylic oxidation sites excluding steroid dienone is 1. The molecule has 0 aromatic heterocycles. The second-order valence-corrected chi connectivity index (χ2v) is 6.32. The van der Waals surface area contributed by atoms with E-state index in [4.69, 9.17) is 0 Å². The van der Waals surface area contributed by atoms with Crippen LogP contribution in [-0.2, 0) is 14.3 Å². The fourth-order valence-electron chi connectivity index (χ4n) is 1.94. The number of hydrogen-bond donors (Lipinski definition) is 1. The summed E-state index contributed by atoms with van der Waals surface area (Å²) in [6, 6.07) is 0. The molecule has 0 aliphatic heterocycles. The summed E-state index contributed by atoms with van der Waals surface area (Å²) in [4.78, 5) is 0. The van der Waals surface area contributed by atoms with E-state index in [1.54, 1.807) is 13.8 Å². The van der Waals surface area contributed by atoms with Gasteiger partial charge in [0.25, 0.3) is 0 Å². The molecule has 0 heterocycles. The average molecular weight is 288 g/mol. The lowest BCUT2D eigenvalue weighted by atomic mass is 9.75. The van der Waals surface area contributed by atoms with Crippen LogP contribution in [0.1, 0.15) is 33.1 Å². The van der Waals surface area contributed by atoms with Gasteiger partial charge in [-0.1, -0.05) is 13.8 Å². The van der Waals surface area contributed by atoms with Crippen molar-refractivity contribution in [1.82, 2.24) is 0 Å². The Balaban J connectivity index is 3.13. The predicted molar refractivity (Wildman–Crippen MR) is 57.8 cm³/mol. The normalized spacial score (nSPS) is 21.0. The van der Waals surface area contributed by atoms with E-state index in [0.29, 0.717) is 12.8 Å². The van der Waals surface area contributed by atoms with E-state index in [9.17, 15) is 26.7 Å². The molecule has 106 valence electrons. The maximum atomic E-state index is 12.2. The quantitative estimate of drug-likeness (QED) is 0.639. The molecule has 0 radical (unpaired) electrons. The van der Waals surface area contributed by atoms with E-state index < -0.39 is 27.6 Å². The van der Waals surface area contributed by atoms with Crippen molar-refractivity contribution >= 4 is 10.1 Å². The van der Waals surface area contributed by atoms with Gasteiger partial charge in [0.05, 0.1) is 6.61 Å². The van der Waals surface area contributed by atoms with Gasteiger partial charge in [0, 0.05) is 12.0 Å². The van der Waals surface area contributed by atoms with Crippen LogP contribution in [0, 0.1) is 5.41 Å². The summed E-state index contributed by atoms with van der Waals surface area (Å²) in [6.45, 7) is 2.93. The first kappa shape index (κ1) is 15.3. The minimum atomic E-state index is -5.66. The summed E-state index contributed by atoms with van der Waals surface area (Å²) in [6.07, 6.45) is 1.25. The summed E-state index contributed by atoms with van der Waals surface area (Å²) in [5.41, 5.74) is -5.81. The standard InChI is InChI=1S/C10H15F3O4S/c1-9(2)5-3-4-8(7(9)6-14)17-18(15,16)10(11,12)13/h14H,3-6H2,1-2H3. The summed E-state index contributed by atoms with van der Waals surface area (Å²) in [7, 11) is -5.66. The van der Waals surface area contributed by atoms with Crippen molar-refractivity contribution in [2.24, 2.45) is 5.41 Å². The first-order valence-corrected chi connectivity index (χ1v) is 6.76. The van der Waals surface area contributed by atoms with Gasteiger partial charge in [0.2, 0.25) is 0 Å². The highest BCUT2D eigenvalue weighted by Crippen LogP contribution is 2.41. The topological polar surface area (TPSA) is 63.6 Å². The minimum Gasteiger partial charge on any atom is -0.392 e. The number of rotatable bonds is 3. The summed E-state index contributed by atoms with van der Waals surface area (Å²) >= 11 is 0. The second-order valence-electron chi connectivity index (χ2n) is 4.78. The first-order chi connectivity index (χ1) is 8.01. The number of aliphatic hydroxyl groups is 1. The molecule has 8 heteroatoms. The number of hydrogen-bond acceptors (Lipinski definition) is 4. The third-order valence-electron chi connectivity index (χ3n) is 3.01. The van der Waals surface area contributed by atoms with Gasteiger partial charge < -0.3 is 9.29 Å². The molecule has 0 atom stereocenters. The van der Waals surface area contributed by atoms with Gasteiger partial charge in [-0.2, -0.15) is 21.6 Å². The average Bonchev–Trinajstić information content (AvgIpc) is 2.14. The van der Waals surface area contributed by atoms with Gasteiger partial charge in [-0.05, 0) is 18.3 Å². The fourth-order valence-corrected chi connectivity index (χ4v) is 2.49. The molecule has 4 nitrogen and oxygen atoms in total. The van der Waals surface area contributed by atoms with Gasteiger partial charge in [-0.25, -0.2) is 0 Å². The van der Waals surface area contributed by atoms with Crippen LogP contribution in [0.4, 0.5) is 13.2 Å². The van der Waals surface area contributed by atoms with Crippen LogP contribution in [0.15, 0.2) is 11.3 Å². The Labute approximate surface area is 104 Å². The molecule has 1 aliphatic rings. The van der Waals surface area contributed by atoms with Gasteiger partial charge >= 0.3 is 15.6 Å². The highest BCUT2D eigenvalue weighted by molar-refractivity contribution is 7.87. The van der Waals surface area contributed by atoms with Gasteiger partial charge in [-0.15, -0.1) is 0 Å². The molecule has 1 N–H and O–H groups in total. The van der Waals surface area contributed by atoms with Crippen molar-refractivity contribution in [1.29, 1.82) is 0 Å². The highest BCUT2D eigenvalue weighted by atomic mass is 32.2. The van der Waals surface area contributed by atoms with Gasteiger partial charge in [0.1, 0.15) is 5.76 Å². The molecule has 0 bridgehead atoms. The third-order valence-corrected chi connectivity index (χ3v) is 4.00. The Kier molecular flexibility index (Phi) is 4.02. The Hall–Kier alpha value is -0.760. The molecule has 0 amide bonds. The van der Waals surface area contributed by atoms with Crippen LogP contribution in [0.5, 0.6) is 0 Å². The molecule has 0 fully saturated rings. The Morgan fingerprint density at radius 1 is 1.39 bits per heavy atom. The SMILES string of the molecule is CC1(C)CCCC(OS(=O)(=O)C(F)(F)F)=C1CO. The van der Waals surface area contributed by atoms with Crippen LogP contribution in [-0.4, -0.2) is 25.6 Å². The van der Waals surface area contributed by atoms with Crippen molar-refractivity contribution in [2.75, 3.05) is 6.61 Å². The molecule has 0 spiro atoms. The molecule has 0 saturated carbocycles. The Morgan fingerprint density at radius 3 is 2.39 bits per heavy atom. The lowest BCUT2D eigenvalue weighted by molar-refractivity contribution is -0.0526. The number of alkyl halides is 3. The van der Waals surface area contributed by atoms with Crippen LogP contribution >= 0.6 is 0 Å². The van der Waals surface area contributed by atoms with E-state index in [1.165, 1.54) is 0 Å². The third kappa shape index (κ3) is 2.97. The molecule has 0 unspecified atom stereocenters. The summed E-state index contributed by atoms with van der Waals surface area (Å²) in [5, 5.41) is 9.18. The van der Waals surface area contributed by atoms with E-state index in [2.05, 4.69) is 4.18 Å². The van der Waals surface area contributed by atoms with Crippen molar-refractivity contribution in [2.45, 2.75) is 38.6 Å². The summed E-state index contributed by atoms with van der Waals surface area (Å²) in [5.74, 6) is -0.286. The van der Waals surface area contributed by atoms with Gasteiger partial charge in [0.15, 0.2) is 0 Å². The first-order valence-electron chi connectivity index (χ1n) is 5.35. The monoisotopic (exact) mass is 288 g/mol. The molecule has 0 aromatic carbocycles. The molecule has 1 rings (SSSR count). The second kappa shape index (κ2) is 4.73. The van der Waals surface area contributed by atoms with Crippen LogP contribution < -0.4 is 0 Å². The van der Waals surface area contributed by atoms with Crippen LogP contribution in [0.2, 0.25) is 0 Å². The maximum absolute atomic E-state index is 12.2. The zero-order valence-corrected chi connectivity index (χ0v) is 10.9. The number of aliphatic hydroxyl groups excluding tert-OH is 1. The van der Waals surface area contributed by atoms with E-state index >= 15 is 0 Å². The zero-order chi connectivity index (χ0) is 14.2. The van der Waals surface area contributed by atoms with Crippen molar-refractivity contribution in [3.05, 3.63) is 11.3 Å². The zero-order valence-electron chi connectivity index (χ0n) is 10.0. The van der Waals surface area contributed by atoms with Crippen molar-refractivity contribution < 1.29 is 30.9 Å². The Morgan fingerprint density at radius 2 is 1.94 bits per heavy atom. The van der Waals surface area contributed by atoms with E-state index in [-0.39, 0.29) is 17.8 Å². The maximum Gasteiger partial charge on any atom is 0.534 e. The fraction of sp³-hybridized carbons (Fsp3) is 0.800. The van der Waals surface area contributed by atoms with E-state index in [1.807, 2.05) is 0 Å². The smallest absolute Gasteiger partial charge is 0.392 e. The Bertz CT molecular complexity index is 448. The largest absolute Gasteiger partial charge is 0.534 e. The lowest BCUT2D eigenvalue weighted by Crippen LogP contribution is -2.29. The number of halogens is 3. The summed E-state index contributed by atoms with van der Waals surface area (Å²) < 4.78 is 62.7. The molecule has 18 heavy (non-hydrogen) atoms. The molecule has 0 saturated heterocycles. The lowest BCUT2D eigenvalue weighted by Gasteiger charge is -2.33. The molecule has 1 aliphatic carbocycles. The molecular formula is C10H15F3O4S. The predicted octanol–water partition coefficient (Wildman–Crippen LogP) is 2.31. The van der Waals surface area contributed by atoms with Gasteiger partial charge in [-0.3, -0.25) is 0 Å². The minimum absolute atomic E-state index is 0.0780. The van der Waals surface area contributed by atoms with E-state index in [0.717, 1.165) is 0 Å². The van der Waals surface area contributed by atoms with Crippen LogP contribution in [0.3, 0.4) is 0 Å². The highest BCUT2D eigenvalue weighted by Gasteiger charge is 2.49. The van der Waals surface area contributed by atoms with Crippen molar-refractivity contribution in [3.63, 3.8) is 0 Å². The van der Waals surface area contributed by atoms with Crippen LogP contribution in [0.25, 0.3) is 0 Å². The molecule has 0 aromatic rings. The van der Waals surface area contributed by atoms with Crippen molar-refractivity contribution in [3.8, 4) is 0 Å². The molecular weight excluding hydrogens is 273 g/mol.